The average molecular weight is 296 g/mol. The van der Waals surface area contributed by atoms with Crippen molar-refractivity contribution in [1.82, 2.24) is 10.2 Å². The number of nitrogens with one attached hydrogen (secondary N) is 1. The summed E-state index contributed by atoms with van der Waals surface area (Å²) < 4.78 is 0. The van der Waals surface area contributed by atoms with E-state index >= 15 is 0 Å². The molecule has 0 aromatic heterocycles. The molecule has 0 radical (unpaired) electrons. The molecule has 2 fully saturated rings. The van der Waals surface area contributed by atoms with Crippen molar-refractivity contribution in [2.75, 3.05) is 20.1 Å². The van der Waals surface area contributed by atoms with Crippen LogP contribution < -0.4 is 5.32 Å². The Morgan fingerprint density at radius 2 is 1.86 bits per heavy atom. The standard InChI is InChI=1S/C17H32N2O2/c1-13(2)18-17(16(20)21,15-9-10-15)12-19(3)11-14-7-5-4-6-8-14/h13-15,18H,4-12H2,1-3H3,(H,20,21). The minimum absolute atomic E-state index is 0.199. The maximum Gasteiger partial charge on any atom is 0.325 e. The first-order valence-corrected chi connectivity index (χ1v) is 8.63. The van der Waals surface area contributed by atoms with E-state index in [-0.39, 0.29) is 6.04 Å². The zero-order chi connectivity index (χ0) is 15.5. The first kappa shape index (κ1) is 16.8. The third-order valence-electron chi connectivity index (χ3n) is 5.02. The van der Waals surface area contributed by atoms with Crippen molar-refractivity contribution in [1.29, 1.82) is 0 Å². The zero-order valence-electron chi connectivity index (χ0n) is 13.9. The first-order chi connectivity index (χ1) is 9.94. The van der Waals surface area contributed by atoms with Gasteiger partial charge in [-0.05, 0) is 58.4 Å². The van der Waals surface area contributed by atoms with Gasteiger partial charge in [-0.3, -0.25) is 10.1 Å². The minimum atomic E-state index is -0.752. The molecule has 0 aromatic rings. The quantitative estimate of drug-likeness (QED) is 0.723. The summed E-state index contributed by atoms with van der Waals surface area (Å²) in [5.41, 5.74) is -0.752. The fourth-order valence-electron chi connectivity index (χ4n) is 3.99. The normalized spacial score (nSPS) is 23.5. The molecule has 0 spiro atoms. The maximum atomic E-state index is 12.0. The molecule has 2 rings (SSSR count). The number of carboxylic acid groups (broad SMARTS) is 1. The molecular formula is C17H32N2O2. The summed E-state index contributed by atoms with van der Waals surface area (Å²) in [6.45, 7) is 5.76. The summed E-state index contributed by atoms with van der Waals surface area (Å²) in [5, 5.41) is 13.2. The van der Waals surface area contributed by atoms with Gasteiger partial charge >= 0.3 is 5.97 Å². The third-order valence-corrected chi connectivity index (χ3v) is 5.02. The second-order valence-electron chi connectivity index (χ2n) is 7.55. The van der Waals surface area contributed by atoms with E-state index in [1.54, 1.807) is 0 Å². The molecule has 0 bridgehead atoms. The fraction of sp³-hybridized carbons (Fsp3) is 0.941. The van der Waals surface area contributed by atoms with E-state index in [2.05, 4.69) is 17.3 Å². The van der Waals surface area contributed by atoms with Crippen molar-refractivity contribution in [2.24, 2.45) is 11.8 Å². The Morgan fingerprint density at radius 1 is 1.24 bits per heavy atom. The maximum absolute atomic E-state index is 12.0. The number of carbonyl (C=O) groups is 1. The van der Waals surface area contributed by atoms with Crippen LogP contribution in [-0.4, -0.2) is 47.7 Å². The Balaban J connectivity index is 1.98. The molecule has 0 heterocycles. The van der Waals surface area contributed by atoms with Crippen molar-refractivity contribution < 1.29 is 9.90 Å². The van der Waals surface area contributed by atoms with E-state index in [0.717, 1.165) is 25.3 Å². The van der Waals surface area contributed by atoms with Gasteiger partial charge < -0.3 is 10.0 Å². The molecule has 4 heteroatoms. The molecule has 2 N–H and O–H groups in total. The number of likely N-dealkylation sites (N-methyl/N-ethyl adjacent to an activating group) is 1. The van der Waals surface area contributed by atoms with E-state index in [9.17, 15) is 9.90 Å². The molecule has 0 aliphatic heterocycles. The highest BCUT2D eigenvalue weighted by Crippen LogP contribution is 2.41. The number of aliphatic carboxylic acids is 1. The van der Waals surface area contributed by atoms with E-state index < -0.39 is 11.5 Å². The Morgan fingerprint density at radius 3 is 2.33 bits per heavy atom. The smallest absolute Gasteiger partial charge is 0.325 e. The second kappa shape index (κ2) is 7.10. The van der Waals surface area contributed by atoms with E-state index in [1.807, 2.05) is 13.8 Å². The van der Waals surface area contributed by atoms with Crippen LogP contribution in [0.5, 0.6) is 0 Å². The average Bonchev–Trinajstić information content (AvgIpc) is 3.22. The van der Waals surface area contributed by atoms with Crippen molar-refractivity contribution in [3.8, 4) is 0 Å². The second-order valence-corrected chi connectivity index (χ2v) is 7.55. The van der Waals surface area contributed by atoms with Crippen molar-refractivity contribution in [3.05, 3.63) is 0 Å². The molecular weight excluding hydrogens is 264 g/mol. The topological polar surface area (TPSA) is 52.6 Å². The molecule has 1 unspecified atom stereocenters. The first-order valence-electron chi connectivity index (χ1n) is 8.63. The molecule has 21 heavy (non-hydrogen) atoms. The number of hydrogen-bond acceptors (Lipinski definition) is 3. The highest BCUT2D eigenvalue weighted by molar-refractivity contribution is 5.80. The molecule has 2 saturated carbocycles. The van der Waals surface area contributed by atoms with Crippen LogP contribution in [-0.2, 0) is 4.79 Å². The molecule has 0 amide bonds. The Labute approximate surface area is 129 Å². The van der Waals surface area contributed by atoms with Gasteiger partial charge in [-0.2, -0.15) is 0 Å². The van der Waals surface area contributed by atoms with Crippen LogP contribution in [0, 0.1) is 11.8 Å². The van der Waals surface area contributed by atoms with Gasteiger partial charge in [0.2, 0.25) is 0 Å². The minimum Gasteiger partial charge on any atom is -0.480 e. The predicted octanol–water partition coefficient (Wildman–Crippen LogP) is 2.73. The summed E-state index contributed by atoms with van der Waals surface area (Å²) in [5.74, 6) is 0.383. The van der Waals surface area contributed by atoms with Gasteiger partial charge in [-0.25, -0.2) is 0 Å². The van der Waals surface area contributed by atoms with Gasteiger partial charge in [0.15, 0.2) is 0 Å². The van der Waals surface area contributed by atoms with Crippen molar-refractivity contribution in [3.63, 3.8) is 0 Å². The van der Waals surface area contributed by atoms with Crippen LogP contribution in [0.15, 0.2) is 0 Å². The Bertz CT molecular complexity index is 349. The van der Waals surface area contributed by atoms with Crippen LogP contribution >= 0.6 is 0 Å². The monoisotopic (exact) mass is 296 g/mol. The van der Waals surface area contributed by atoms with E-state index in [0.29, 0.717) is 12.5 Å². The predicted molar refractivity (Wildman–Crippen MR) is 85.4 cm³/mol. The summed E-state index contributed by atoms with van der Waals surface area (Å²) >= 11 is 0. The summed E-state index contributed by atoms with van der Waals surface area (Å²) in [4.78, 5) is 14.2. The number of hydrogen-bond donors (Lipinski definition) is 2. The highest BCUT2D eigenvalue weighted by Gasteiger charge is 2.52. The van der Waals surface area contributed by atoms with Gasteiger partial charge in [-0.15, -0.1) is 0 Å². The zero-order valence-corrected chi connectivity index (χ0v) is 13.9. The lowest BCUT2D eigenvalue weighted by molar-refractivity contribution is -0.147. The lowest BCUT2D eigenvalue weighted by atomic mass is 9.87. The number of carboxylic acids is 1. The van der Waals surface area contributed by atoms with Crippen LogP contribution in [0.25, 0.3) is 0 Å². The third kappa shape index (κ3) is 4.43. The molecule has 1 atom stereocenters. The van der Waals surface area contributed by atoms with Crippen molar-refractivity contribution >= 4 is 5.97 Å². The van der Waals surface area contributed by atoms with Gasteiger partial charge in [0, 0.05) is 19.1 Å². The van der Waals surface area contributed by atoms with Gasteiger partial charge in [0.25, 0.3) is 0 Å². The molecule has 4 nitrogen and oxygen atoms in total. The van der Waals surface area contributed by atoms with E-state index in [1.165, 1.54) is 32.1 Å². The van der Waals surface area contributed by atoms with Crippen LogP contribution in [0.3, 0.4) is 0 Å². The Kier molecular flexibility index (Phi) is 5.67. The van der Waals surface area contributed by atoms with Crippen LogP contribution in [0.1, 0.15) is 58.8 Å². The number of rotatable bonds is 8. The lowest BCUT2D eigenvalue weighted by Gasteiger charge is -2.38. The van der Waals surface area contributed by atoms with Gasteiger partial charge in [-0.1, -0.05) is 19.3 Å². The van der Waals surface area contributed by atoms with Crippen LogP contribution in [0.2, 0.25) is 0 Å². The summed E-state index contributed by atoms with van der Waals surface area (Å²) in [7, 11) is 2.09. The SMILES string of the molecule is CC(C)NC(CN(C)CC1CCCCC1)(C(=O)O)C1CC1. The summed E-state index contributed by atoms with van der Waals surface area (Å²) in [6, 6.07) is 0.199. The molecule has 2 aliphatic carbocycles. The van der Waals surface area contributed by atoms with Crippen molar-refractivity contribution in [2.45, 2.75) is 70.4 Å². The largest absolute Gasteiger partial charge is 0.480 e. The fourth-order valence-corrected chi connectivity index (χ4v) is 3.99. The van der Waals surface area contributed by atoms with Gasteiger partial charge in [0.1, 0.15) is 5.54 Å². The summed E-state index contributed by atoms with van der Waals surface area (Å²) in [6.07, 6.45) is 8.77. The number of nitrogens with zero attached hydrogens (tertiary/aromatic N) is 1. The van der Waals surface area contributed by atoms with Crippen LogP contribution in [0.4, 0.5) is 0 Å². The Hall–Kier alpha value is -0.610. The molecule has 122 valence electrons. The lowest BCUT2D eigenvalue weighted by Crippen LogP contribution is -2.62. The molecule has 0 saturated heterocycles. The van der Waals surface area contributed by atoms with E-state index in [4.69, 9.17) is 0 Å². The molecule has 2 aliphatic rings. The molecule has 0 aromatic carbocycles. The highest BCUT2D eigenvalue weighted by atomic mass is 16.4. The van der Waals surface area contributed by atoms with Gasteiger partial charge in [0.05, 0.1) is 0 Å².